The van der Waals surface area contributed by atoms with Crippen molar-refractivity contribution in [3.63, 3.8) is 0 Å². The van der Waals surface area contributed by atoms with Gasteiger partial charge in [0.05, 0.1) is 11.4 Å². The van der Waals surface area contributed by atoms with E-state index in [0.717, 1.165) is 11.4 Å². The SMILES string of the molecule is c1cc(-c2cc3ccccc3c3ccccc23)cc(N(c2ccccc2-c2cccc3ccccc23)c2cccc3sc4ccccc4c23)c1. The van der Waals surface area contributed by atoms with Gasteiger partial charge in [0.25, 0.3) is 0 Å². The van der Waals surface area contributed by atoms with Crippen LogP contribution < -0.4 is 4.90 Å². The van der Waals surface area contributed by atoms with Crippen LogP contribution in [0.15, 0.2) is 188 Å². The molecule has 0 saturated carbocycles. The minimum Gasteiger partial charge on any atom is -0.309 e. The molecule has 234 valence electrons. The third kappa shape index (κ3) is 4.61. The van der Waals surface area contributed by atoms with Gasteiger partial charge in [-0.25, -0.2) is 0 Å². The molecule has 0 radical (unpaired) electrons. The summed E-state index contributed by atoms with van der Waals surface area (Å²) in [5.41, 5.74) is 8.29. The van der Waals surface area contributed by atoms with Gasteiger partial charge in [0.2, 0.25) is 0 Å². The van der Waals surface area contributed by atoms with Crippen LogP contribution in [0.5, 0.6) is 0 Å². The van der Waals surface area contributed by atoms with Crippen LogP contribution >= 0.6 is 11.3 Å². The molecule has 2 heteroatoms. The van der Waals surface area contributed by atoms with Gasteiger partial charge in [-0.3, -0.25) is 0 Å². The van der Waals surface area contributed by atoms with Gasteiger partial charge in [-0.1, -0.05) is 146 Å². The number of para-hydroxylation sites is 1. The fraction of sp³-hybridized carbons (Fsp3) is 0. The largest absolute Gasteiger partial charge is 0.309 e. The van der Waals surface area contributed by atoms with E-state index in [1.165, 1.54) is 80.4 Å². The molecule has 0 saturated heterocycles. The van der Waals surface area contributed by atoms with Crippen molar-refractivity contribution < 1.29 is 0 Å². The minimum atomic E-state index is 1.12. The zero-order valence-electron chi connectivity index (χ0n) is 27.3. The molecule has 0 fully saturated rings. The van der Waals surface area contributed by atoms with E-state index in [9.17, 15) is 0 Å². The standard InChI is InChI=1S/C48H31NS/c1-3-19-36-32(14-1)16-12-25-39(36)41-23-7-9-26-44(41)49(45-27-13-29-47-48(45)42-24-8-10-28-46(42)50-47)35-18-11-17-33(30-35)43-31-34-15-2-4-20-37(34)38-21-5-6-22-40(38)43/h1-31H. The molecule has 0 N–H and O–H groups in total. The lowest BCUT2D eigenvalue weighted by Gasteiger charge is -2.29. The van der Waals surface area contributed by atoms with Crippen molar-refractivity contribution in [2.75, 3.05) is 4.90 Å². The number of thiophene rings is 1. The first kappa shape index (κ1) is 28.8. The van der Waals surface area contributed by atoms with Crippen molar-refractivity contribution >= 4 is 80.9 Å². The molecule has 0 bridgehead atoms. The summed E-state index contributed by atoms with van der Waals surface area (Å²) in [5, 5.41) is 10.1. The highest BCUT2D eigenvalue weighted by molar-refractivity contribution is 7.26. The molecule has 1 aromatic heterocycles. The fourth-order valence-corrected chi connectivity index (χ4v) is 8.94. The smallest absolute Gasteiger partial charge is 0.0555 e. The Morgan fingerprint density at radius 1 is 0.340 bits per heavy atom. The second-order valence-electron chi connectivity index (χ2n) is 12.9. The number of anilines is 3. The topological polar surface area (TPSA) is 3.24 Å². The van der Waals surface area contributed by atoms with Crippen molar-refractivity contribution in [3.8, 4) is 22.3 Å². The predicted molar refractivity (Wildman–Crippen MR) is 217 cm³/mol. The van der Waals surface area contributed by atoms with E-state index in [0.29, 0.717) is 0 Å². The van der Waals surface area contributed by atoms with Gasteiger partial charge in [-0.05, 0) is 91.5 Å². The lowest BCUT2D eigenvalue weighted by atomic mass is 9.92. The van der Waals surface area contributed by atoms with E-state index < -0.39 is 0 Å². The second kappa shape index (κ2) is 11.7. The van der Waals surface area contributed by atoms with Crippen LogP contribution in [0.3, 0.4) is 0 Å². The Labute approximate surface area is 294 Å². The third-order valence-electron chi connectivity index (χ3n) is 10.0. The maximum absolute atomic E-state index is 2.49. The van der Waals surface area contributed by atoms with Crippen LogP contribution in [-0.2, 0) is 0 Å². The molecule has 9 aromatic carbocycles. The number of benzene rings is 9. The molecule has 0 amide bonds. The van der Waals surface area contributed by atoms with Crippen LogP contribution in [0.25, 0.3) is 74.7 Å². The molecule has 10 aromatic rings. The van der Waals surface area contributed by atoms with Crippen LogP contribution in [0.2, 0.25) is 0 Å². The van der Waals surface area contributed by atoms with Crippen molar-refractivity contribution in [2.45, 2.75) is 0 Å². The van der Waals surface area contributed by atoms with E-state index in [4.69, 9.17) is 0 Å². The molecule has 0 aliphatic carbocycles. The first-order chi connectivity index (χ1) is 24.8. The molecule has 0 atom stereocenters. The zero-order chi connectivity index (χ0) is 33.0. The van der Waals surface area contributed by atoms with Crippen molar-refractivity contribution in [1.29, 1.82) is 0 Å². The average Bonchev–Trinajstić information content (AvgIpc) is 3.57. The summed E-state index contributed by atoms with van der Waals surface area (Å²) in [6, 6.07) is 68.8. The predicted octanol–water partition coefficient (Wildman–Crippen LogP) is 14.3. The first-order valence-electron chi connectivity index (χ1n) is 17.1. The second-order valence-corrected chi connectivity index (χ2v) is 14.0. The lowest BCUT2D eigenvalue weighted by molar-refractivity contribution is 1.30. The van der Waals surface area contributed by atoms with E-state index >= 15 is 0 Å². The molecule has 0 aliphatic rings. The van der Waals surface area contributed by atoms with E-state index in [1.807, 2.05) is 11.3 Å². The number of nitrogens with zero attached hydrogens (tertiary/aromatic N) is 1. The third-order valence-corrected chi connectivity index (χ3v) is 11.2. The summed E-state index contributed by atoms with van der Waals surface area (Å²) in [7, 11) is 0. The molecule has 0 spiro atoms. The Balaban J connectivity index is 1.27. The van der Waals surface area contributed by atoms with E-state index in [1.54, 1.807) is 0 Å². The summed E-state index contributed by atoms with van der Waals surface area (Å²) in [5.74, 6) is 0. The Morgan fingerprint density at radius 2 is 0.940 bits per heavy atom. The van der Waals surface area contributed by atoms with Gasteiger partial charge in [0, 0.05) is 31.4 Å². The summed E-state index contributed by atoms with van der Waals surface area (Å²) in [4.78, 5) is 2.49. The Bertz CT molecular complexity index is 2890. The van der Waals surface area contributed by atoms with Gasteiger partial charge in [-0.15, -0.1) is 11.3 Å². The number of fused-ring (bicyclic) bond motifs is 7. The summed E-state index contributed by atoms with van der Waals surface area (Å²) in [6.45, 7) is 0. The Hall–Kier alpha value is -6.22. The van der Waals surface area contributed by atoms with Crippen molar-refractivity contribution in [1.82, 2.24) is 0 Å². The van der Waals surface area contributed by atoms with Crippen molar-refractivity contribution in [3.05, 3.63) is 188 Å². The molecule has 0 aliphatic heterocycles. The molecule has 1 heterocycles. The lowest BCUT2D eigenvalue weighted by Crippen LogP contribution is -2.11. The molecule has 0 unspecified atom stereocenters. The van der Waals surface area contributed by atoms with Crippen LogP contribution in [0, 0.1) is 0 Å². The molecule has 10 rings (SSSR count). The summed E-state index contributed by atoms with van der Waals surface area (Å²) >= 11 is 1.86. The molecule has 50 heavy (non-hydrogen) atoms. The van der Waals surface area contributed by atoms with Gasteiger partial charge >= 0.3 is 0 Å². The van der Waals surface area contributed by atoms with E-state index in [2.05, 4.69) is 193 Å². The quantitative estimate of drug-likeness (QED) is 0.167. The van der Waals surface area contributed by atoms with Gasteiger partial charge < -0.3 is 4.90 Å². The first-order valence-corrected chi connectivity index (χ1v) is 17.9. The van der Waals surface area contributed by atoms with Gasteiger partial charge in [-0.2, -0.15) is 0 Å². The van der Waals surface area contributed by atoms with Crippen LogP contribution in [0.4, 0.5) is 17.1 Å². The number of hydrogen-bond acceptors (Lipinski definition) is 2. The highest BCUT2D eigenvalue weighted by Gasteiger charge is 2.22. The van der Waals surface area contributed by atoms with Crippen LogP contribution in [0.1, 0.15) is 0 Å². The summed E-state index contributed by atoms with van der Waals surface area (Å²) in [6.07, 6.45) is 0. The highest BCUT2D eigenvalue weighted by Crippen LogP contribution is 2.48. The molecular weight excluding hydrogens is 623 g/mol. The molecule has 1 nitrogen and oxygen atoms in total. The minimum absolute atomic E-state index is 1.12. The highest BCUT2D eigenvalue weighted by atomic mass is 32.1. The Morgan fingerprint density at radius 3 is 1.84 bits per heavy atom. The number of rotatable bonds is 5. The fourth-order valence-electron chi connectivity index (χ4n) is 7.81. The maximum atomic E-state index is 2.49. The number of hydrogen-bond donors (Lipinski definition) is 0. The monoisotopic (exact) mass is 653 g/mol. The van der Waals surface area contributed by atoms with Crippen molar-refractivity contribution in [2.24, 2.45) is 0 Å². The maximum Gasteiger partial charge on any atom is 0.0555 e. The van der Waals surface area contributed by atoms with Gasteiger partial charge in [0.15, 0.2) is 0 Å². The average molecular weight is 654 g/mol. The summed E-state index contributed by atoms with van der Waals surface area (Å²) < 4.78 is 2.58. The Kier molecular flexibility index (Phi) is 6.75. The normalized spacial score (nSPS) is 11.6. The van der Waals surface area contributed by atoms with Gasteiger partial charge in [0.1, 0.15) is 0 Å². The molecular formula is C48H31NS. The van der Waals surface area contributed by atoms with E-state index in [-0.39, 0.29) is 0 Å². The zero-order valence-corrected chi connectivity index (χ0v) is 28.1. The van der Waals surface area contributed by atoms with Crippen LogP contribution in [-0.4, -0.2) is 0 Å².